The standard InChI is InChI=1S/C22H20ClNO2/c1-15-6-5-7-17(12-15)14-26-21-9-4-3-8-18(21)22(25)24-20-11-10-16(2)13-19(20)23/h3-13H,14H2,1-2H3,(H,24,25). The number of carbonyl (C=O) groups excluding carboxylic acids is 1. The summed E-state index contributed by atoms with van der Waals surface area (Å²) in [4.78, 5) is 12.7. The number of benzene rings is 3. The monoisotopic (exact) mass is 365 g/mol. The Labute approximate surface area is 158 Å². The van der Waals surface area contributed by atoms with Crippen LogP contribution in [0.15, 0.2) is 66.7 Å². The van der Waals surface area contributed by atoms with Crippen molar-refractivity contribution in [3.05, 3.63) is 94.0 Å². The van der Waals surface area contributed by atoms with Crippen LogP contribution in [0.2, 0.25) is 5.02 Å². The SMILES string of the molecule is Cc1cccc(COc2ccccc2C(=O)Nc2ccc(C)cc2Cl)c1. The third-order valence-electron chi connectivity index (χ3n) is 3.98. The van der Waals surface area contributed by atoms with Crippen LogP contribution in [0.1, 0.15) is 27.0 Å². The first kappa shape index (κ1) is 18.0. The molecule has 3 aromatic rings. The van der Waals surface area contributed by atoms with Gasteiger partial charge in [-0.1, -0.05) is 59.6 Å². The topological polar surface area (TPSA) is 38.3 Å². The fourth-order valence-electron chi connectivity index (χ4n) is 2.65. The van der Waals surface area contributed by atoms with Crippen molar-refractivity contribution in [3.8, 4) is 5.75 Å². The van der Waals surface area contributed by atoms with E-state index < -0.39 is 0 Å². The van der Waals surface area contributed by atoms with Crippen LogP contribution in [0.3, 0.4) is 0 Å². The molecular weight excluding hydrogens is 346 g/mol. The molecular formula is C22H20ClNO2. The van der Waals surface area contributed by atoms with Gasteiger partial charge in [0.15, 0.2) is 0 Å². The average Bonchev–Trinajstić information content (AvgIpc) is 2.62. The average molecular weight is 366 g/mol. The molecule has 26 heavy (non-hydrogen) atoms. The molecule has 0 aromatic heterocycles. The third kappa shape index (κ3) is 4.44. The lowest BCUT2D eigenvalue weighted by molar-refractivity contribution is 0.102. The second-order valence-electron chi connectivity index (χ2n) is 6.21. The highest BCUT2D eigenvalue weighted by molar-refractivity contribution is 6.34. The second kappa shape index (κ2) is 8.07. The molecule has 132 valence electrons. The Morgan fingerprint density at radius 3 is 2.50 bits per heavy atom. The minimum Gasteiger partial charge on any atom is -0.488 e. The zero-order valence-corrected chi connectivity index (χ0v) is 15.5. The van der Waals surface area contributed by atoms with Crippen LogP contribution in [0.25, 0.3) is 0 Å². The number of ether oxygens (including phenoxy) is 1. The zero-order chi connectivity index (χ0) is 18.5. The normalized spacial score (nSPS) is 10.4. The first-order valence-electron chi connectivity index (χ1n) is 8.38. The van der Waals surface area contributed by atoms with Crippen molar-refractivity contribution in [2.45, 2.75) is 20.5 Å². The molecule has 0 radical (unpaired) electrons. The van der Waals surface area contributed by atoms with E-state index in [2.05, 4.69) is 11.4 Å². The van der Waals surface area contributed by atoms with E-state index >= 15 is 0 Å². The highest BCUT2D eigenvalue weighted by Crippen LogP contribution is 2.25. The lowest BCUT2D eigenvalue weighted by Gasteiger charge is -2.13. The smallest absolute Gasteiger partial charge is 0.259 e. The van der Waals surface area contributed by atoms with Gasteiger partial charge in [0, 0.05) is 0 Å². The zero-order valence-electron chi connectivity index (χ0n) is 14.8. The van der Waals surface area contributed by atoms with Crippen LogP contribution in [0, 0.1) is 13.8 Å². The summed E-state index contributed by atoms with van der Waals surface area (Å²) in [7, 11) is 0. The third-order valence-corrected chi connectivity index (χ3v) is 4.29. The highest BCUT2D eigenvalue weighted by atomic mass is 35.5. The molecule has 3 aromatic carbocycles. The number of carbonyl (C=O) groups is 1. The van der Waals surface area contributed by atoms with Crippen LogP contribution >= 0.6 is 11.6 Å². The Hall–Kier alpha value is -2.78. The number of rotatable bonds is 5. The molecule has 0 unspecified atom stereocenters. The fourth-order valence-corrected chi connectivity index (χ4v) is 2.94. The van der Waals surface area contributed by atoms with Crippen LogP contribution < -0.4 is 10.1 Å². The van der Waals surface area contributed by atoms with Crippen molar-refractivity contribution in [2.24, 2.45) is 0 Å². The van der Waals surface area contributed by atoms with E-state index in [1.807, 2.05) is 56.3 Å². The number of hydrogen-bond donors (Lipinski definition) is 1. The summed E-state index contributed by atoms with van der Waals surface area (Å²) < 4.78 is 5.89. The molecule has 0 heterocycles. The summed E-state index contributed by atoms with van der Waals surface area (Å²) in [5, 5.41) is 3.36. The van der Waals surface area contributed by atoms with Gasteiger partial charge < -0.3 is 10.1 Å². The molecule has 0 saturated heterocycles. The maximum atomic E-state index is 12.7. The summed E-state index contributed by atoms with van der Waals surface area (Å²) in [5.74, 6) is 0.283. The van der Waals surface area contributed by atoms with Gasteiger partial charge in [0.25, 0.3) is 5.91 Å². The predicted molar refractivity (Wildman–Crippen MR) is 106 cm³/mol. The Kier molecular flexibility index (Phi) is 5.59. The summed E-state index contributed by atoms with van der Waals surface area (Å²) in [6.45, 7) is 4.39. The Bertz CT molecular complexity index is 937. The van der Waals surface area contributed by atoms with Crippen molar-refractivity contribution in [2.75, 3.05) is 5.32 Å². The molecule has 0 fully saturated rings. The first-order chi connectivity index (χ1) is 12.5. The summed E-state index contributed by atoms with van der Waals surface area (Å²) in [5.41, 5.74) is 4.32. The molecule has 0 bridgehead atoms. The molecule has 3 rings (SSSR count). The van der Waals surface area contributed by atoms with Gasteiger partial charge in [0.05, 0.1) is 16.3 Å². The van der Waals surface area contributed by atoms with E-state index in [1.165, 1.54) is 5.56 Å². The number of anilines is 1. The molecule has 0 atom stereocenters. The molecule has 1 amide bonds. The van der Waals surface area contributed by atoms with Crippen molar-refractivity contribution < 1.29 is 9.53 Å². The molecule has 4 heteroatoms. The van der Waals surface area contributed by atoms with Crippen LogP contribution in [-0.4, -0.2) is 5.91 Å². The minimum absolute atomic E-state index is 0.254. The van der Waals surface area contributed by atoms with E-state index in [0.29, 0.717) is 28.6 Å². The van der Waals surface area contributed by atoms with Gasteiger partial charge in [-0.15, -0.1) is 0 Å². The van der Waals surface area contributed by atoms with E-state index in [0.717, 1.165) is 11.1 Å². The van der Waals surface area contributed by atoms with Crippen LogP contribution in [-0.2, 0) is 6.61 Å². The quantitative estimate of drug-likeness (QED) is 0.621. The second-order valence-corrected chi connectivity index (χ2v) is 6.62. The first-order valence-corrected chi connectivity index (χ1v) is 8.75. The van der Waals surface area contributed by atoms with Crippen LogP contribution in [0.5, 0.6) is 5.75 Å². The van der Waals surface area contributed by atoms with Gasteiger partial charge in [0.1, 0.15) is 12.4 Å². The number of para-hydroxylation sites is 1. The molecule has 0 aliphatic rings. The molecule has 0 aliphatic heterocycles. The van der Waals surface area contributed by atoms with Crippen molar-refractivity contribution >= 4 is 23.2 Å². The van der Waals surface area contributed by atoms with E-state index in [9.17, 15) is 4.79 Å². The predicted octanol–water partition coefficient (Wildman–Crippen LogP) is 5.79. The van der Waals surface area contributed by atoms with E-state index in [1.54, 1.807) is 18.2 Å². The lowest BCUT2D eigenvalue weighted by Crippen LogP contribution is -2.14. The van der Waals surface area contributed by atoms with Gasteiger partial charge >= 0.3 is 0 Å². The Morgan fingerprint density at radius 2 is 1.73 bits per heavy atom. The molecule has 1 N–H and O–H groups in total. The number of aryl methyl sites for hydroxylation is 2. The highest BCUT2D eigenvalue weighted by Gasteiger charge is 2.14. The molecule has 0 saturated carbocycles. The molecule has 0 aliphatic carbocycles. The molecule has 0 spiro atoms. The minimum atomic E-state index is -0.254. The van der Waals surface area contributed by atoms with Crippen LogP contribution in [0.4, 0.5) is 5.69 Å². The summed E-state index contributed by atoms with van der Waals surface area (Å²) >= 11 is 6.21. The maximum absolute atomic E-state index is 12.7. The van der Waals surface area contributed by atoms with E-state index in [-0.39, 0.29) is 5.91 Å². The number of nitrogens with one attached hydrogen (secondary N) is 1. The van der Waals surface area contributed by atoms with Gasteiger partial charge in [-0.05, 0) is 49.2 Å². The molecule has 3 nitrogen and oxygen atoms in total. The van der Waals surface area contributed by atoms with Gasteiger partial charge in [0.2, 0.25) is 0 Å². The summed E-state index contributed by atoms with van der Waals surface area (Å²) in [6, 6.07) is 20.8. The fraction of sp³-hybridized carbons (Fsp3) is 0.136. The van der Waals surface area contributed by atoms with Crippen molar-refractivity contribution in [1.29, 1.82) is 0 Å². The van der Waals surface area contributed by atoms with Crippen molar-refractivity contribution in [1.82, 2.24) is 0 Å². The lowest BCUT2D eigenvalue weighted by atomic mass is 10.1. The number of amides is 1. The largest absolute Gasteiger partial charge is 0.488 e. The Morgan fingerprint density at radius 1 is 0.962 bits per heavy atom. The number of halogens is 1. The summed E-state index contributed by atoms with van der Waals surface area (Å²) in [6.07, 6.45) is 0. The maximum Gasteiger partial charge on any atom is 0.259 e. The van der Waals surface area contributed by atoms with Gasteiger partial charge in [-0.3, -0.25) is 4.79 Å². The van der Waals surface area contributed by atoms with E-state index in [4.69, 9.17) is 16.3 Å². The van der Waals surface area contributed by atoms with Gasteiger partial charge in [-0.25, -0.2) is 0 Å². The number of hydrogen-bond acceptors (Lipinski definition) is 2. The Balaban J connectivity index is 1.76. The van der Waals surface area contributed by atoms with Crippen molar-refractivity contribution in [3.63, 3.8) is 0 Å². The van der Waals surface area contributed by atoms with Gasteiger partial charge in [-0.2, -0.15) is 0 Å².